The van der Waals surface area contributed by atoms with E-state index >= 15 is 0 Å². The standard InChI is InChI=1S/C14H19N5S/c1-3-16-12-9(2)13(17-7-11-6-15-8-20-11)19-14(18-12)10-4-5-10/h6,8,10H,3-5,7H2,1-2H3,(H2,16,17,18,19). The number of aromatic nitrogens is 3. The maximum absolute atomic E-state index is 4.70. The lowest BCUT2D eigenvalue weighted by Crippen LogP contribution is -2.10. The molecule has 3 rings (SSSR count). The zero-order valence-electron chi connectivity index (χ0n) is 11.8. The Morgan fingerprint density at radius 2 is 2.00 bits per heavy atom. The Labute approximate surface area is 122 Å². The van der Waals surface area contributed by atoms with Gasteiger partial charge in [-0.1, -0.05) is 0 Å². The van der Waals surface area contributed by atoms with Gasteiger partial charge in [-0.15, -0.1) is 11.3 Å². The lowest BCUT2D eigenvalue weighted by molar-refractivity contribution is 0.910. The Hall–Kier alpha value is -1.69. The molecule has 5 nitrogen and oxygen atoms in total. The molecule has 1 aliphatic rings. The van der Waals surface area contributed by atoms with Crippen LogP contribution in [0.3, 0.4) is 0 Å². The fourth-order valence-corrected chi connectivity index (χ4v) is 2.60. The molecule has 20 heavy (non-hydrogen) atoms. The van der Waals surface area contributed by atoms with E-state index < -0.39 is 0 Å². The van der Waals surface area contributed by atoms with E-state index in [4.69, 9.17) is 4.98 Å². The zero-order valence-corrected chi connectivity index (χ0v) is 12.6. The van der Waals surface area contributed by atoms with Gasteiger partial charge in [-0.05, 0) is 26.7 Å². The minimum Gasteiger partial charge on any atom is -0.370 e. The summed E-state index contributed by atoms with van der Waals surface area (Å²) < 4.78 is 0. The Morgan fingerprint density at radius 3 is 2.60 bits per heavy atom. The molecule has 0 bridgehead atoms. The molecule has 0 radical (unpaired) electrons. The van der Waals surface area contributed by atoms with Crippen molar-refractivity contribution < 1.29 is 0 Å². The molecule has 0 aromatic carbocycles. The van der Waals surface area contributed by atoms with Gasteiger partial charge in [0.05, 0.1) is 12.1 Å². The van der Waals surface area contributed by atoms with Gasteiger partial charge in [-0.25, -0.2) is 9.97 Å². The summed E-state index contributed by atoms with van der Waals surface area (Å²) in [6.45, 7) is 5.78. The van der Waals surface area contributed by atoms with Crippen LogP contribution in [0.25, 0.3) is 0 Å². The lowest BCUT2D eigenvalue weighted by atomic mass is 10.2. The van der Waals surface area contributed by atoms with E-state index in [1.165, 1.54) is 17.7 Å². The van der Waals surface area contributed by atoms with E-state index in [1.54, 1.807) is 11.3 Å². The van der Waals surface area contributed by atoms with Gasteiger partial charge in [-0.3, -0.25) is 4.98 Å². The molecule has 2 heterocycles. The van der Waals surface area contributed by atoms with E-state index in [2.05, 4.69) is 34.4 Å². The predicted octanol–water partition coefficient (Wildman–Crippen LogP) is 3.16. The fraction of sp³-hybridized carbons (Fsp3) is 0.500. The Bertz CT molecular complexity index is 578. The molecular formula is C14H19N5S. The van der Waals surface area contributed by atoms with Crippen molar-refractivity contribution in [2.75, 3.05) is 17.2 Å². The van der Waals surface area contributed by atoms with Gasteiger partial charge in [-0.2, -0.15) is 0 Å². The van der Waals surface area contributed by atoms with Crippen LogP contribution in [0.5, 0.6) is 0 Å². The van der Waals surface area contributed by atoms with Crippen LogP contribution < -0.4 is 10.6 Å². The largest absolute Gasteiger partial charge is 0.370 e. The monoisotopic (exact) mass is 289 g/mol. The van der Waals surface area contributed by atoms with E-state index in [1.807, 2.05) is 11.7 Å². The number of hydrogen-bond donors (Lipinski definition) is 2. The minimum atomic E-state index is 0.553. The summed E-state index contributed by atoms with van der Waals surface area (Å²) in [6, 6.07) is 0. The molecule has 1 aliphatic carbocycles. The summed E-state index contributed by atoms with van der Waals surface area (Å²) in [5, 5.41) is 6.75. The maximum atomic E-state index is 4.70. The number of anilines is 2. The van der Waals surface area contributed by atoms with Gasteiger partial charge >= 0.3 is 0 Å². The summed E-state index contributed by atoms with van der Waals surface area (Å²) in [6.07, 6.45) is 4.31. The van der Waals surface area contributed by atoms with Crippen LogP contribution >= 0.6 is 11.3 Å². The van der Waals surface area contributed by atoms with Crippen molar-refractivity contribution in [2.45, 2.75) is 39.2 Å². The van der Waals surface area contributed by atoms with E-state index in [9.17, 15) is 0 Å². The molecule has 106 valence electrons. The summed E-state index contributed by atoms with van der Waals surface area (Å²) in [5.74, 6) is 3.41. The second-order valence-corrected chi connectivity index (χ2v) is 6.00. The Morgan fingerprint density at radius 1 is 1.25 bits per heavy atom. The van der Waals surface area contributed by atoms with Crippen molar-refractivity contribution in [3.05, 3.63) is 28.0 Å². The normalized spacial score (nSPS) is 14.3. The van der Waals surface area contributed by atoms with Crippen molar-refractivity contribution in [3.63, 3.8) is 0 Å². The first-order valence-corrected chi connectivity index (χ1v) is 7.89. The molecule has 1 saturated carbocycles. The number of rotatable bonds is 6. The smallest absolute Gasteiger partial charge is 0.136 e. The van der Waals surface area contributed by atoms with Crippen molar-refractivity contribution in [1.82, 2.24) is 15.0 Å². The minimum absolute atomic E-state index is 0.553. The van der Waals surface area contributed by atoms with E-state index in [-0.39, 0.29) is 0 Å². The molecule has 2 aromatic rings. The third-order valence-electron chi connectivity index (χ3n) is 3.36. The van der Waals surface area contributed by atoms with Crippen LogP contribution in [0.2, 0.25) is 0 Å². The van der Waals surface area contributed by atoms with Crippen molar-refractivity contribution in [1.29, 1.82) is 0 Å². The van der Waals surface area contributed by atoms with Crippen LogP contribution in [-0.2, 0) is 6.54 Å². The first-order valence-electron chi connectivity index (χ1n) is 7.01. The van der Waals surface area contributed by atoms with Crippen molar-refractivity contribution in [3.8, 4) is 0 Å². The topological polar surface area (TPSA) is 62.7 Å². The van der Waals surface area contributed by atoms with Crippen molar-refractivity contribution >= 4 is 23.0 Å². The summed E-state index contributed by atoms with van der Waals surface area (Å²) in [5.41, 5.74) is 2.93. The number of hydrogen-bond acceptors (Lipinski definition) is 6. The van der Waals surface area contributed by atoms with Gasteiger partial charge in [0, 0.05) is 29.1 Å². The SMILES string of the molecule is CCNc1nc(C2CC2)nc(NCc2cncs2)c1C. The lowest BCUT2D eigenvalue weighted by Gasteiger charge is -2.14. The highest BCUT2D eigenvalue weighted by Crippen LogP contribution is 2.39. The van der Waals surface area contributed by atoms with Gasteiger partial charge < -0.3 is 10.6 Å². The molecule has 0 atom stereocenters. The van der Waals surface area contributed by atoms with Crippen LogP contribution in [0, 0.1) is 6.92 Å². The first-order chi connectivity index (χ1) is 9.78. The van der Waals surface area contributed by atoms with Gasteiger partial charge in [0.2, 0.25) is 0 Å². The molecule has 0 aliphatic heterocycles. The third-order valence-corrected chi connectivity index (χ3v) is 4.14. The second-order valence-electron chi connectivity index (χ2n) is 5.03. The van der Waals surface area contributed by atoms with Crippen LogP contribution in [0.15, 0.2) is 11.7 Å². The van der Waals surface area contributed by atoms with Crippen molar-refractivity contribution in [2.24, 2.45) is 0 Å². The zero-order chi connectivity index (χ0) is 13.9. The molecular weight excluding hydrogens is 270 g/mol. The van der Waals surface area contributed by atoms with Crippen LogP contribution in [0.1, 0.15) is 41.9 Å². The van der Waals surface area contributed by atoms with Crippen LogP contribution in [-0.4, -0.2) is 21.5 Å². The van der Waals surface area contributed by atoms with E-state index in [0.29, 0.717) is 5.92 Å². The first kappa shape index (κ1) is 13.3. The third kappa shape index (κ3) is 2.90. The highest BCUT2D eigenvalue weighted by Gasteiger charge is 2.28. The Balaban J connectivity index is 1.83. The highest BCUT2D eigenvalue weighted by molar-refractivity contribution is 7.09. The molecule has 1 fully saturated rings. The fourth-order valence-electron chi connectivity index (χ4n) is 2.07. The summed E-state index contributed by atoms with van der Waals surface area (Å²) in [4.78, 5) is 14.7. The highest BCUT2D eigenvalue weighted by atomic mass is 32.1. The average Bonchev–Trinajstić information content (AvgIpc) is 3.17. The number of thiazole rings is 1. The van der Waals surface area contributed by atoms with Gasteiger partial charge in [0.25, 0.3) is 0 Å². The van der Waals surface area contributed by atoms with Gasteiger partial charge in [0.1, 0.15) is 17.5 Å². The predicted molar refractivity (Wildman–Crippen MR) is 82.3 cm³/mol. The molecule has 2 N–H and O–H groups in total. The molecule has 0 amide bonds. The maximum Gasteiger partial charge on any atom is 0.136 e. The van der Waals surface area contributed by atoms with Gasteiger partial charge in [0.15, 0.2) is 0 Å². The average molecular weight is 289 g/mol. The summed E-state index contributed by atoms with van der Waals surface area (Å²) >= 11 is 1.65. The molecule has 0 spiro atoms. The molecule has 0 saturated heterocycles. The number of nitrogens with zero attached hydrogens (tertiary/aromatic N) is 3. The Kier molecular flexibility index (Phi) is 3.82. The molecule has 0 unspecified atom stereocenters. The van der Waals surface area contributed by atoms with E-state index in [0.717, 1.165) is 36.1 Å². The molecule has 6 heteroatoms. The second kappa shape index (κ2) is 5.75. The number of nitrogens with one attached hydrogen (secondary N) is 2. The quantitative estimate of drug-likeness (QED) is 0.855. The van der Waals surface area contributed by atoms with Crippen LogP contribution in [0.4, 0.5) is 11.6 Å². The summed E-state index contributed by atoms with van der Waals surface area (Å²) in [7, 11) is 0. The molecule has 2 aromatic heterocycles.